The maximum Gasteiger partial charge on any atom is 0.313 e. The second kappa shape index (κ2) is 8.79. The van der Waals surface area contributed by atoms with Gasteiger partial charge in [-0.3, -0.25) is 9.59 Å². The van der Waals surface area contributed by atoms with Crippen LogP contribution in [0.1, 0.15) is 13.3 Å². The number of benzene rings is 1. The molecule has 1 rings (SSSR count). The molecule has 110 valence electrons. The summed E-state index contributed by atoms with van der Waals surface area (Å²) in [6, 6.07) is 4.79. The quantitative estimate of drug-likeness (QED) is 0.625. The average Bonchev–Trinajstić information content (AvgIpc) is 2.42. The van der Waals surface area contributed by atoms with Gasteiger partial charge in [0, 0.05) is 19.8 Å². The van der Waals surface area contributed by atoms with Crippen LogP contribution in [0.5, 0.6) is 0 Å². The van der Waals surface area contributed by atoms with E-state index in [4.69, 9.17) is 27.9 Å². The lowest BCUT2D eigenvalue weighted by molar-refractivity contribution is -0.136. The predicted molar refractivity (Wildman–Crippen MR) is 79.2 cm³/mol. The molecular formula is C13H16Cl2N2O3. The summed E-state index contributed by atoms with van der Waals surface area (Å²) in [5, 5.41) is 5.41. The molecule has 1 aromatic carbocycles. The number of carbonyl (C=O) groups excluding carboxylic acids is 2. The van der Waals surface area contributed by atoms with Crippen molar-refractivity contribution in [3.8, 4) is 0 Å². The number of anilines is 1. The van der Waals surface area contributed by atoms with E-state index in [0.29, 0.717) is 26.2 Å². The molecule has 7 heteroatoms. The Labute approximate surface area is 127 Å². The lowest BCUT2D eigenvalue weighted by atomic mass is 10.3. The van der Waals surface area contributed by atoms with Crippen molar-refractivity contribution in [3.63, 3.8) is 0 Å². The van der Waals surface area contributed by atoms with E-state index in [1.807, 2.05) is 6.92 Å². The van der Waals surface area contributed by atoms with Gasteiger partial charge in [-0.15, -0.1) is 0 Å². The van der Waals surface area contributed by atoms with Crippen molar-refractivity contribution in [1.29, 1.82) is 0 Å². The number of rotatable bonds is 6. The molecule has 0 heterocycles. The predicted octanol–water partition coefficient (Wildman–Crippen LogP) is 2.47. The molecule has 0 saturated carbocycles. The van der Waals surface area contributed by atoms with Crippen molar-refractivity contribution in [2.24, 2.45) is 0 Å². The largest absolute Gasteiger partial charge is 0.382 e. The molecule has 0 aliphatic carbocycles. The van der Waals surface area contributed by atoms with Crippen LogP contribution >= 0.6 is 23.2 Å². The molecule has 2 N–H and O–H groups in total. The summed E-state index contributed by atoms with van der Waals surface area (Å²) in [7, 11) is 0. The zero-order valence-electron chi connectivity index (χ0n) is 11.0. The normalized spacial score (nSPS) is 10.2. The maximum atomic E-state index is 11.7. The topological polar surface area (TPSA) is 67.4 Å². The van der Waals surface area contributed by atoms with Crippen molar-refractivity contribution in [3.05, 3.63) is 28.2 Å². The monoisotopic (exact) mass is 318 g/mol. The van der Waals surface area contributed by atoms with Crippen LogP contribution in [0.2, 0.25) is 10.0 Å². The summed E-state index contributed by atoms with van der Waals surface area (Å²) in [4.78, 5) is 23.2. The minimum atomic E-state index is -0.809. The van der Waals surface area contributed by atoms with Gasteiger partial charge in [0.25, 0.3) is 0 Å². The van der Waals surface area contributed by atoms with E-state index in [1.165, 1.54) is 0 Å². The number of carbonyl (C=O) groups is 2. The van der Waals surface area contributed by atoms with Crippen LogP contribution in [-0.2, 0) is 14.3 Å². The third-order valence-corrected chi connectivity index (χ3v) is 2.99. The number of halogens is 2. The van der Waals surface area contributed by atoms with Crippen LogP contribution in [0, 0.1) is 0 Å². The Morgan fingerprint density at radius 1 is 1.20 bits per heavy atom. The van der Waals surface area contributed by atoms with Gasteiger partial charge in [0.15, 0.2) is 0 Å². The van der Waals surface area contributed by atoms with Gasteiger partial charge < -0.3 is 15.4 Å². The number of hydrogen-bond acceptors (Lipinski definition) is 3. The number of amides is 2. The van der Waals surface area contributed by atoms with Crippen LogP contribution in [0.25, 0.3) is 0 Å². The minimum Gasteiger partial charge on any atom is -0.382 e. The molecule has 1 aromatic rings. The summed E-state index contributed by atoms with van der Waals surface area (Å²) < 4.78 is 5.12. The highest BCUT2D eigenvalue weighted by atomic mass is 35.5. The number of nitrogens with one attached hydrogen (secondary N) is 2. The molecule has 0 saturated heterocycles. The molecule has 0 aliphatic rings. The van der Waals surface area contributed by atoms with Crippen LogP contribution in [0.15, 0.2) is 18.2 Å². The van der Waals surface area contributed by atoms with Gasteiger partial charge in [0.1, 0.15) is 0 Å². The fraction of sp³-hybridized carbons (Fsp3) is 0.385. The number of hydrogen-bond donors (Lipinski definition) is 2. The lowest BCUT2D eigenvalue weighted by Crippen LogP contribution is -2.36. The number of ether oxygens (including phenoxy) is 1. The zero-order valence-corrected chi connectivity index (χ0v) is 12.6. The highest BCUT2D eigenvalue weighted by molar-refractivity contribution is 6.44. The lowest BCUT2D eigenvalue weighted by Gasteiger charge is -2.09. The fourth-order valence-corrected chi connectivity index (χ4v) is 1.88. The Morgan fingerprint density at radius 3 is 2.45 bits per heavy atom. The molecule has 0 fully saturated rings. The molecule has 2 amide bonds. The van der Waals surface area contributed by atoms with Crippen LogP contribution in [-0.4, -0.2) is 31.6 Å². The minimum absolute atomic E-state index is 0.227. The molecule has 5 nitrogen and oxygen atoms in total. The second-order valence-corrected chi connectivity index (χ2v) is 4.67. The van der Waals surface area contributed by atoms with Gasteiger partial charge in [0.05, 0.1) is 15.7 Å². The maximum absolute atomic E-state index is 11.7. The van der Waals surface area contributed by atoms with E-state index >= 15 is 0 Å². The van der Waals surface area contributed by atoms with Gasteiger partial charge in [-0.1, -0.05) is 29.3 Å². The van der Waals surface area contributed by atoms with E-state index in [0.717, 1.165) is 0 Å². The second-order valence-electron chi connectivity index (χ2n) is 3.86. The zero-order chi connectivity index (χ0) is 15.0. The smallest absolute Gasteiger partial charge is 0.313 e. The third kappa shape index (κ3) is 5.36. The Hall–Kier alpha value is -1.30. The standard InChI is InChI=1S/C13H16Cl2N2O3/c1-2-20-8-4-7-16-12(18)13(19)17-11-9(14)5-3-6-10(11)15/h3,5-6H,2,4,7-8H2,1H3,(H,16,18)(H,17,19). The van der Waals surface area contributed by atoms with Crippen LogP contribution in [0.4, 0.5) is 5.69 Å². The molecule has 20 heavy (non-hydrogen) atoms. The average molecular weight is 319 g/mol. The van der Waals surface area contributed by atoms with Gasteiger partial charge in [-0.05, 0) is 25.5 Å². The Balaban J connectivity index is 2.44. The Morgan fingerprint density at radius 2 is 1.85 bits per heavy atom. The van der Waals surface area contributed by atoms with Gasteiger partial charge in [-0.2, -0.15) is 0 Å². The highest BCUT2D eigenvalue weighted by Gasteiger charge is 2.16. The summed E-state index contributed by atoms with van der Waals surface area (Å²) in [5.41, 5.74) is 0.227. The van der Waals surface area contributed by atoms with Crippen molar-refractivity contribution in [1.82, 2.24) is 5.32 Å². The van der Waals surface area contributed by atoms with E-state index < -0.39 is 11.8 Å². The summed E-state index contributed by atoms with van der Waals surface area (Å²) >= 11 is 11.8. The first kappa shape index (κ1) is 16.8. The summed E-state index contributed by atoms with van der Waals surface area (Å²) in [5.74, 6) is -1.55. The molecule has 0 spiro atoms. The molecule has 0 radical (unpaired) electrons. The van der Waals surface area contributed by atoms with E-state index in [2.05, 4.69) is 10.6 Å². The fourth-order valence-electron chi connectivity index (χ4n) is 1.39. The van der Waals surface area contributed by atoms with E-state index in [1.54, 1.807) is 18.2 Å². The third-order valence-electron chi connectivity index (χ3n) is 2.36. The Kier molecular flexibility index (Phi) is 7.36. The van der Waals surface area contributed by atoms with Gasteiger partial charge in [-0.25, -0.2) is 0 Å². The van der Waals surface area contributed by atoms with Gasteiger partial charge >= 0.3 is 11.8 Å². The van der Waals surface area contributed by atoms with Crippen molar-refractivity contribution in [2.45, 2.75) is 13.3 Å². The van der Waals surface area contributed by atoms with E-state index in [-0.39, 0.29) is 15.7 Å². The molecule has 0 unspecified atom stereocenters. The van der Waals surface area contributed by atoms with Crippen LogP contribution < -0.4 is 10.6 Å². The molecular weight excluding hydrogens is 303 g/mol. The molecule has 0 aliphatic heterocycles. The summed E-state index contributed by atoms with van der Waals surface area (Å²) in [6.45, 7) is 3.41. The van der Waals surface area contributed by atoms with Crippen molar-refractivity contribution >= 4 is 40.7 Å². The highest BCUT2D eigenvalue weighted by Crippen LogP contribution is 2.29. The summed E-state index contributed by atoms with van der Waals surface area (Å²) in [6.07, 6.45) is 0.639. The van der Waals surface area contributed by atoms with Gasteiger partial charge in [0.2, 0.25) is 0 Å². The van der Waals surface area contributed by atoms with Crippen LogP contribution in [0.3, 0.4) is 0 Å². The molecule has 0 atom stereocenters. The number of para-hydroxylation sites is 1. The molecule has 0 aromatic heterocycles. The molecule has 0 bridgehead atoms. The van der Waals surface area contributed by atoms with Crippen molar-refractivity contribution < 1.29 is 14.3 Å². The van der Waals surface area contributed by atoms with E-state index in [9.17, 15) is 9.59 Å². The first-order valence-electron chi connectivity index (χ1n) is 6.17. The van der Waals surface area contributed by atoms with Crippen molar-refractivity contribution in [2.75, 3.05) is 25.1 Å². The SMILES string of the molecule is CCOCCCNC(=O)C(=O)Nc1c(Cl)cccc1Cl. The first-order valence-corrected chi connectivity index (χ1v) is 6.92. The first-order chi connectivity index (χ1) is 9.56. The Bertz CT molecular complexity index is 460.